The van der Waals surface area contributed by atoms with Gasteiger partial charge in [0, 0.05) is 17.7 Å². The summed E-state index contributed by atoms with van der Waals surface area (Å²) in [5.41, 5.74) is -0.391. The van der Waals surface area contributed by atoms with Crippen molar-refractivity contribution in [2.75, 3.05) is 26.2 Å². The van der Waals surface area contributed by atoms with E-state index in [1.165, 1.54) is 24.3 Å². The summed E-state index contributed by atoms with van der Waals surface area (Å²) >= 11 is 0. The van der Waals surface area contributed by atoms with E-state index in [0.29, 0.717) is 6.54 Å². The number of phenols is 2. The number of carbonyl (C=O) groups excluding carboxylic acids is 3. The molecule has 28 heavy (non-hydrogen) atoms. The molecule has 0 amide bonds. The zero-order chi connectivity index (χ0) is 19.8. The number of hydrogen-bond acceptors (Lipinski definition) is 7. The highest BCUT2D eigenvalue weighted by atomic mass is 16.5. The van der Waals surface area contributed by atoms with Crippen molar-refractivity contribution in [2.24, 2.45) is 0 Å². The predicted molar refractivity (Wildman–Crippen MR) is 99.0 cm³/mol. The molecule has 0 spiro atoms. The van der Waals surface area contributed by atoms with Gasteiger partial charge in [-0.15, -0.1) is 0 Å². The van der Waals surface area contributed by atoms with E-state index >= 15 is 0 Å². The molecule has 7 heteroatoms. The Morgan fingerprint density at radius 1 is 0.964 bits per heavy atom. The van der Waals surface area contributed by atoms with E-state index in [4.69, 9.17) is 4.74 Å². The third kappa shape index (κ3) is 3.03. The molecular weight excluding hydrogens is 362 g/mol. The lowest BCUT2D eigenvalue weighted by atomic mass is 9.82. The van der Waals surface area contributed by atoms with Gasteiger partial charge in [-0.1, -0.05) is 12.1 Å². The topological polar surface area (TPSA) is 104 Å². The van der Waals surface area contributed by atoms with Gasteiger partial charge < -0.3 is 14.9 Å². The Kier molecular flexibility index (Phi) is 4.60. The average Bonchev–Trinajstić information content (AvgIpc) is 3.18. The fourth-order valence-electron chi connectivity index (χ4n) is 3.76. The SMILES string of the molecule is O=C(OCCN1CCCC1)c1cc(O)c2c(c1)C(=O)c1cccc(O)c1C2=O. The molecule has 0 unspecified atom stereocenters. The minimum Gasteiger partial charge on any atom is -0.507 e. The van der Waals surface area contributed by atoms with Crippen LogP contribution >= 0.6 is 0 Å². The van der Waals surface area contributed by atoms with Crippen molar-refractivity contribution in [3.05, 3.63) is 58.1 Å². The van der Waals surface area contributed by atoms with Gasteiger partial charge in [0.25, 0.3) is 0 Å². The van der Waals surface area contributed by atoms with Gasteiger partial charge in [0.15, 0.2) is 5.78 Å². The lowest BCUT2D eigenvalue weighted by Crippen LogP contribution is -2.25. The van der Waals surface area contributed by atoms with E-state index < -0.39 is 23.3 Å². The summed E-state index contributed by atoms with van der Waals surface area (Å²) in [6, 6.07) is 6.57. The second kappa shape index (κ2) is 7.09. The number of esters is 1. The van der Waals surface area contributed by atoms with Crippen molar-refractivity contribution < 1.29 is 29.3 Å². The average molecular weight is 381 g/mol. The van der Waals surface area contributed by atoms with Gasteiger partial charge >= 0.3 is 5.97 Å². The second-order valence-corrected chi connectivity index (χ2v) is 6.96. The molecule has 4 rings (SSSR count). The summed E-state index contributed by atoms with van der Waals surface area (Å²) in [4.78, 5) is 40.0. The Labute approximate surface area is 161 Å². The minimum absolute atomic E-state index is 0.00225. The van der Waals surface area contributed by atoms with Gasteiger partial charge in [-0.3, -0.25) is 14.5 Å². The zero-order valence-electron chi connectivity index (χ0n) is 15.1. The van der Waals surface area contributed by atoms with Gasteiger partial charge in [0.2, 0.25) is 5.78 Å². The lowest BCUT2D eigenvalue weighted by Gasteiger charge is -2.20. The molecule has 0 atom stereocenters. The maximum absolute atomic E-state index is 12.8. The van der Waals surface area contributed by atoms with E-state index in [9.17, 15) is 24.6 Å². The molecule has 0 saturated carbocycles. The first-order valence-corrected chi connectivity index (χ1v) is 9.15. The molecule has 1 heterocycles. The molecular formula is C21H19NO6. The molecule has 0 aromatic heterocycles. The number of carbonyl (C=O) groups is 3. The van der Waals surface area contributed by atoms with Crippen LogP contribution in [-0.4, -0.2) is 58.9 Å². The lowest BCUT2D eigenvalue weighted by molar-refractivity contribution is 0.0471. The quantitative estimate of drug-likeness (QED) is 0.667. The molecule has 7 nitrogen and oxygen atoms in total. The number of likely N-dealkylation sites (tertiary alicyclic amines) is 1. The van der Waals surface area contributed by atoms with E-state index in [1.807, 2.05) is 0 Å². The van der Waals surface area contributed by atoms with Crippen LogP contribution in [0.15, 0.2) is 30.3 Å². The van der Waals surface area contributed by atoms with Crippen LogP contribution in [0.25, 0.3) is 0 Å². The molecule has 2 aromatic carbocycles. The van der Waals surface area contributed by atoms with Gasteiger partial charge in [-0.2, -0.15) is 0 Å². The second-order valence-electron chi connectivity index (χ2n) is 6.96. The number of aromatic hydroxyl groups is 2. The molecule has 2 aliphatic rings. The van der Waals surface area contributed by atoms with Crippen LogP contribution in [0.5, 0.6) is 11.5 Å². The fourth-order valence-corrected chi connectivity index (χ4v) is 3.76. The summed E-state index contributed by atoms with van der Waals surface area (Å²) in [7, 11) is 0. The Balaban J connectivity index is 1.60. The number of rotatable bonds is 4. The highest BCUT2D eigenvalue weighted by Gasteiger charge is 2.35. The van der Waals surface area contributed by atoms with Crippen LogP contribution in [0.1, 0.15) is 55.0 Å². The monoisotopic (exact) mass is 381 g/mol. The Morgan fingerprint density at radius 3 is 2.43 bits per heavy atom. The van der Waals surface area contributed by atoms with Crippen molar-refractivity contribution >= 4 is 17.5 Å². The molecule has 1 aliphatic heterocycles. The molecule has 1 saturated heterocycles. The summed E-state index contributed by atoms with van der Waals surface area (Å²) in [5.74, 6) is -2.68. The van der Waals surface area contributed by atoms with E-state index in [0.717, 1.165) is 32.0 Å². The smallest absolute Gasteiger partial charge is 0.338 e. The first kappa shape index (κ1) is 18.2. The Bertz CT molecular complexity index is 991. The van der Waals surface area contributed by atoms with Gasteiger partial charge in [0.1, 0.15) is 18.1 Å². The maximum Gasteiger partial charge on any atom is 0.338 e. The normalized spacial score (nSPS) is 16.0. The third-order valence-electron chi connectivity index (χ3n) is 5.18. The van der Waals surface area contributed by atoms with Crippen LogP contribution in [0.3, 0.4) is 0 Å². The highest BCUT2D eigenvalue weighted by Crippen LogP contribution is 2.37. The minimum atomic E-state index is -0.667. The van der Waals surface area contributed by atoms with E-state index in [2.05, 4.69) is 4.90 Å². The summed E-state index contributed by atoms with van der Waals surface area (Å²) in [5, 5.41) is 20.3. The standard InChI is InChI=1S/C21H19NO6/c23-15-5-3-4-13-17(15)20(26)18-14(19(13)25)10-12(11-16(18)24)21(27)28-9-8-22-6-1-2-7-22/h3-5,10-11,23-24H,1-2,6-9H2. The van der Waals surface area contributed by atoms with Crippen molar-refractivity contribution in [1.29, 1.82) is 0 Å². The molecule has 1 fully saturated rings. The van der Waals surface area contributed by atoms with Crippen LogP contribution in [0.2, 0.25) is 0 Å². The maximum atomic E-state index is 12.8. The van der Waals surface area contributed by atoms with Crippen LogP contribution in [0.4, 0.5) is 0 Å². The van der Waals surface area contributed by atoms with Crippen LogP contribution < -0.4 is 0 Å². The van der Waals surface area contributed by atoms with E-state index in [-0.39, 0.29) is 40.2 Å². The van der Waals surface area contributed by atoms with Crippen molar-refractivity contribution in [1.82, 2.24) is 4.90 Å². The van der Waals surface area contributed by atoms with Gasteiger partial charge in [-0.05, 0) is 44.1 Å². The summed E-state index contributed by atoms with van der Waals surface area (Å²) < 4.78 is 5.26. The molecule has 0 radical (unpaired) electrons. The number of ketones is 2. The van der Waals surface area contributed by atoms with Crippen LogP contribution in [0, 0.1) is 0 Å². The highest BCUT2D eigenvalue weighted by molar-refractivity contribution is 6.30. The van der Waals surface area contributed by atoms with Gasteiger partial charge in [0.05, 0.1) is 16.7 Å². The third-order valence-corrected chi connectivity index (χ3v) is 5.18. The number of hydrogen-bond donors (Lipinski definition) is 2. The van der Waals surface area contributed by atoms with Gasteiger partial charge in [-0.25, -0.2) is 4.79 Å². The molecule has 2 N–H and O–H groups in total. The van der Waals surface area contributed by atoms with Crippen LogP contribution in [-0.2, 0) is 4.74 Å². The molecule has 0 bridgehead atoms. The van der Waals surface area contributed by atoms with E-state index in [1.54, 1.807) is 0 Å². The van der Waals surface area contributed by atoms with Crippen molar-refractivity contribution in [2.45, 2.75) is 12.8 Å². The van der Waals surface area contributed by atoms with Crippen molar-refractivity contribution in [3.63, 3.8) is 0 Å². The number of benzene rings is 2. The number of phenolic OH excluding ortho intramolecular Hbond substituents is 2. The molecule has 2 aromatic rings. The predicted octanol–water partition coefficient (Wildman–Crippen LogP) is 2.13. The summed E-state index contributed by atoms with van der Waals surface area (Å²) in [6.07, 6.45) is 2.28. The largest absolute Gasteiger partial charge is 0.507 e. The number of ether oxygens (including phenoxy) is 1. The number of nitrogens with zero attached hydrogens (tertiary/aromatic N) is 1. The Morgan fingerprint density at radius 2 is 1.68 bits per heavy atom. The molecule has 144 valence electrons. The zero-order valence-corrected chi connectivity index (χ0v) is 15.1. The fraction of sp³-hybridized carbons (Fsp3) is 0.286. The molecule has 1 aliphatic carbocycles. The van der Waals surface area contributed by atoms with Crippen molar-refractivity contribution in [3.8, 4) is 11.5 Å². The first-order valence-electron chi connectivity index (χ1n) is 9.15. The number of fused-ring (bicyclic) bond motifs is 2. The first-order chi connectivity index (χ1) is 13.5. The Hall–Kier alpha value is -3.19. The summed E-state index contributed by atoms with van der Waals surface area (Å²) in [6.45, 7) is 2.81.